The molecule has 5 nitrogen and oxygen atoms in total. The van der Waals surface area contributed by atoms with Crippen molar-refractivity contribution < 1.29 is 4.79 Å². The van der Waals surface area contributed by atoms with Gasteiger partial charge in [0.25, 0.3) is 5.91 Å². The van der Waals surface area contributed by atoms with Gasteiger partial charge in [0.05, 0.1) is 10.2 Å². The molecule has 4 aromatic rings. The van der Waals surface area contributed by atoms with E-state index in [0.717, 1.165) is 26.1 Å². The van der Waals surface area contributed by atoms with E-state index in [0.29, 0.717) is 11.4 Å². The van der Waals surface area contributed by atoms with Crippen LogP contribution >= 0.6 is 11.3 Å². The molecular formula is C19H20N4OS. The van der Waals surface area contributed by atoms with Crippen LogP contribution in [0.4, 0.5) is 5.82 Å². The van der Waals surface area contributed by atoms with Crippen molar-refractivity contribution in [1.82, 2.24) is 14.8 Å². The molecule has 0 spiro atoms. The fraction of sp³-hybridized carbons (Fsp3) is 0.211. The van der Waals surface area contributed by atoms with Crippen molar-refractivity contribution in [2.75, 3.05) is 5.32 Å². The average molecular weight is 352 g/mol. The molecule has 0 fully saturated rings. The monoisotopic (exact) mass is 352 g/mol. The van der Waals surface area contributed by atoms with Crippen LogP contribution in [0.1, 0.15) is 29.9 Å². The first-order valence-electron chi connectivity index (χ1n) is 8.23. The molecule has 1 aromatic carbocycles. The van der Waals surface area contributed by atoms with Gasteiger partial charge in [0, 0.05) is 23.7 Å². The molecule has 128 valence electrons. The molecule has 0 saturated heterocycles. The highest BCUT2D eigenvalue weighted by Crippen LogP contribution is 2.37. The number of thiophene rings is 1. The van der Waals surface area contributed by atoms with Crippen LogP contribution in [0.5, 0.6) is 0 Å². The van der Waals surface area contributed by atoms with E-state index in [1.54, 1.807) is 28.2 Å². The predicted octanol–water partition coefficient (Wildman–Crippen LogP) is 4.77. The lowest BCUT2D eigenvalue weighted by Crippen LogP contribution is -2.12. The Balaban J connectivity index is 0.000000880. The van der Waals surface area contributed by atoms with Gasteiger partial charge in [-0.2, -0.15) is 5.10 Å². The Morgan fingerprint density at radius 2 is 1.84 bits per heavy atom. The summed E-state index contributed by atoms with van der Waals surface area (Å²) in [5.41, 5.74) is 2.59. The third-order valence-electron chi connectivity index (χ3n) is 3.73. The molecule has 0 unspecified atom stereocenters. The van der Waals surface area contributed by atoms with Crippen molar-refractivity contribution in [2.45, 2.75) is 20.8 Å². The minimum Gasteiger partial charge on any atom is -0.304 e. The van der Waals surface area contributed by atoms with Gasteiger partial charge in [-0.15, -0.1) is 11.3 Å². The van der Waals surface area contributed by atoms with Crippen molar-refractivity contribution in [2.24, 2.45) is 7.05 Å². The molecule has 0 saturated carbocycles. The van der Waals surface area contributed by atoms with Crippen LogP contribution in [0.15, 0.2) is 42.5 Å². The number of anilines is 1. The number of fused-ring (bicyclic) bond motifs is 3. The quantitative estimate of drug-likeness (QED) is 0.565. The Bertz CT molecular complexity index is 1030. The van der Waals surface area contributed by atoms with Gasteiger partial charge in [0.15, 0.2) is 5.82 Å². The van der Waals surface area contributed by atoms with Crippen LogP contribution in [-0.4, -0.2) is 20.7 Å². The van der Waals surface area contributed by atoms with Gasteiger partial charge in [-0.25, -0.2) is 4.98 Å². The lowest BCUT2D eigenvalue weighted by atomic mass is 10.2. The van der Waals surface area contributed by atoms with Crippen LogP contribution in [-0.2, 0) is 7.05 Å². The number of nitrogens with zero attached hydrogens (tertiary/aromatic N) is 3. The number of aryl methyl sites for hydroxylation is 2. The number of carbonyl (C=O) groups excluding carboxylic acids is 1. The summed E-state index contributed by atoms with van der Waals surface area (Å²) in [4.78, 5) is 17.9. The standard InChI is InChI=1S/C17H14N4OS.C2H6/c1-10-8-9-12-13-14(23-17(12)18-10)15(20-21(13)2)19-16(22)11-6-4-3-5-7-11;1-2/h3-9H,1-2H3,(H,19,20,22);1-2H3. The van der Waals surface area contributed by atoms with Gasteiger partial charge in [0.1, 0.15) is 4.83 Å². The maximum atomic E-state index is 12.4. The molecule has 3 heterocycles. The van der Waals surface area contributed by atoms with Crippen LogP contribution in [0, 0.1) is 6.92 Å². The Morgan fingerprint density at radius 1 is 1.12 bits per heavy atom. The second-order valence-electron chi connectivity index (χ2n) is 5.38. The number of hydrogen-bond donors (Lipinski definition) is 1. The molecule has 1 N–H and O–H groups in total. The molecule has 0 aliphatic heterocycles. The summed E-state index contributed by atoms with van der Waals surface area (Å²) in [6, 6.07) is 13.2. The molecule has 0 atom stereocenters. The minimum atomic E-state index is -0.160. The van der Waals surface area contributed by atoms with E-state index < -0.39 is 0 Å². The molecule has 1 amide bonds. The number of hydrogen-bond acceptors (Lipinski definition) is 4. The first kappa shape index (κ1) is 17.1. The van der Waals surface area contributed by atoms with Crippen LogP contribution < -0.4 is 5.32 Å². The van der Waals surface area contributed by atoms with Gasteiger partial charge >= 0.3 is 0 Å². The number of amides is 1. The molecule has 3 aromatic heterocycles. The van der Waals surface area contributed by atoms with Crippen molar-refractivity contribution in [1.29, 1.82) is 0 Å². The third kappa shape index (κ3) is 3.13. The van der Waals surface area contributed by atoms with E-state index in [9.17, 15) is 4.79 Å². The van der Waals surface area contributed by atoms with Crippen LogP contribution in [0.2, 0.25) is 0 Å². The Kier molecular flexibility index (Phi) is 4.81. The molecular weight excluding hydrogens is 332 g/mol. The van der Waals surface area contributed by atoms with Crippen molar-refractivity contribution in [3.8, 4) is 0 Å². The van der Waals surface area contributed by atoms with Gasteiger partial charge in [-0.1, -0.05) is 32.0 Å². The van der Waals surface area contributed by atoms with Gasteiger partial charge in [-0.3, -0.25) is 9.48 Å². The second-order valence-corrected chi connectivity index (χ2v) is 6.38. The normalized spacial score (nSPS) is 10.6. The van der Waals surface area contributed by atoms with E-state index in [1.807, 2.05) is 52.1 Å². The zero-order chi connectivity index (χ0) is 18.0. The Hall–Kier alpha value is -2.73. The number of nitrogens with one attached hydrogen (secondary N) is 1. The van der Waals surface area contributed by atoms with Crippen molar-refractivity contribution >= 4 is 43.5 Å². The molecule has 0 radical (unpaired) electrons. The highest BCUT2D eigenvalue weighted by molar-refractivity contribution is 7.26. The molecule has 0 bridgehead atoms. The highest BCUT2D eigenvalue weighted by Gasteiger charge is 2.18. The highest BCUT2D eigenvalue weighted by atomic mass is 32.1. The van der Waals surface area contributed by atoms with Gasteiger partial charge < -0.3 is 5.32 Å². The number of rotatable bonds is 2. The topological polar surface area (TPSA) is 59.8 Å². The number of aromatic nitrogens is 3. The van der Waals surface area contributed by atoms with Gasteiger partial charge in [-0.05, 0) is 31.2 Å². The lowest BCUT2D eigenvalue weighted by molar-refractivity contribution is 0.102. The maximum absolute atomic E-state index is 12.4. The predicted molar refractivity (Wildman–Crippen MR) is 104 cm³/mol. The summed E-state index contributed by atoms with van der Waals surface area (Å²) in [5.74, 6) is 0.421. The van der Waals surface area contributed by atoms with E-state index >= 15 is 0 Å². The number of carbonyl (C=O) groups is 1. The lowest BCUT2D eigenvalue weighted by Gasteiger charge is -2.01. The molecule has 6 heteroatoms. The number of benzene rings is 1. The van der Waals surface area contributed by atoms with E-state index in [4.69, 9.17) is 0 Å². The second kappa shape index (κ2) is 7.03. The zero-order valence-corrected chi connectivity index (χ0v) is 15.5. The fourth-order valence-electron chi connectivity index (χ4n) is 2.64. The van der Waals surface area contributed by atoms with Crippen molar-refractivity contribution in [3.63, 3.8) is 0 Å². The molecule has 0 aliphatic carbocycles. The smallest absolute Gasteiger partial charge is 0.256 e. The Morgan fingerprint density at radius 3 is 2.56 bits per heavy atom. The first-order chi connectivity index (χ1) is 12.1. The maximum Gasteiger partial charge on any atom is 0.256 e. The fourth-order valence-corrected chi connectivity index (χ4v) is 3.82. The summed E-state index contributed by atoms with van der Waals surface area (Å²) < 4.78 is 2.75. The summed E-state index contributed by atoms with van der Waals surface area (Å²) in [6.45, 7) is 5.97. The van der Waals surface area contributed by atoms with E-state index in [-0.39, 0.29) is 5.91 Å². The Labute approximate surface area is 150 Å². The zero-order valence-electron chi connectivity index (χ0n) is 14.7. The van der Waals surface area contributed by atoms with Crippen LogP contribution in [0.25, 0.3) is 20.4 Å². The number of pyridine rings is 1. The van der Waals surface area contributed by atoms with Crippen LogP contribution in [0.3, 0.4) is 0 Å². The first-order valence-corrected chi connectivity index (χ1v) is 9.04. The SMILES string of the molecule is CC.Cc1ccc2c(n1)sc1c(NC(=O)c3ccccc3)nn(C)c12. The molecule has 4 rings (SSSR count). The largest absolute Gasteiger partial charge is 0.304 e. The van der Waals surface area contributed by atoms with E-state index in [2.05, 4.69) is 21.5 Å². The van der Waals surface area contributed by atoms with E-state index in [1.165, 1.54) is 0 Å². The molecule has 25 heavy (non-hydrogen) atoms. The third-order valence-corrected chi connectivity index (χ3v) is 4.82. The summed E-state index contributed by atoms with van der Waals surface area (Å²) in [7, 11) is 1.88. The summed E-state index contributed by atoms with van der Waals surface area (Å²) in [6.07, 6.45) is 0. The van der Waals surface area contributed by atoms with Gasteiger partial charge in [0.2, 0.25) is 0 Å². The average Bonchev–Trinajstić information content (AvgIpc) is 3.15. The summed E-state index contributed by atoms with van der Waals surface area (Å²) in [5, 5.41) is 8.43. The summed E-state index contributed by atoms with van der Waals surface area (Å²) >= 11 is 1.55. The molecule has 0 aliphatic rings. The minimum absolute atomic E-state index is 0.160. The van der Waals surface area contributed by atoms with Crippen molar-refractivity contribution in [3.05, 3.63) is 53.7 Å².